The van der Waals surface area contributed by atoms with Gasteiger partial charge < -0.3 is 5.32 Å². The van der Waals surface area contributed by atoms with Crippen LogP contribution >= 0.6 is 23.8 Å². The molecule has 0 aromatic heterocycles. The topological polar surface area (TPSA) is 36.4 Å². The van der Waals surface area contributed by atoms with Gasteiger partial charge in [0.1, 0.15) is 0 Å². The lowest BCUT2D eigenvalue weighted by Gasteiger charge is -2.11. The molecule has 0 spiro atoms. The molecular weight excluding hydrogens is 266 g/mol. The third-order valence-corrected chi connectivity index (χ3v) is 3.08. The van der Waals surface area contributed by atoms with Crippen molar-refractivity contribution >= 4 is 40.3 Å². The van der Waals surface area contributed by atoms with Gasteiger partial charge in [0.15, 0.2) is 5.11 Å². The number of nitrogens with one attached hydrogen (secondary N) is 2. The largest absolute Gasteiger partial charge is 0.331 e. The minimum atomic E-state index is 0.468. The Hall–Kier alpha value is -1.13. The smallest absolute Gasteiger partial charge is 0.191 e. The summed E-state index contributed by atoms with van der Waals surface area (Å²) in [5.74, 6) is 0. The second-order valence-corrected chi connectivity index (χ2v) is 4.89. The molecule has 1 aromatic carbocycles. The molecule has 0 heterocycles. The number of hydrazone groups is 1. The monoisotopic (exact) mass is 283 g/mol. The van der Waals surface area contributed by atoms with Gasteiger partial charge in [-0.3, -0.25) is 5.43 Å². The van der Waals surface area contributed by atoms with Gasteiger partial charge >= 0.3 is 0 Å². The Morgan fingerprint density at radius 3 is 2.83 bits per heavy atom. The van der Waals surface area contributed by atoms with E-state index in [-0.39, 0.29) is 0 Å². The molecule has 18 heavy (non-hydrogen) atoms. The summed E-state index contributed by atoms with van der Waals surface area (Å²) in [5.41, 5.74) is 5.72. The summed E-state index contributed by atoms with van der Waals surface area (Å²) in [4.78, 5) is 0. The average molecular weight is 284 g/mol. The molecule has 3 nitrogen and oxygen atoms in total. The number of thiocarbonyl (C=S) groups is 1. The fraction of sp³-hybridized carbons (Fsp3) is 0.385. The summed E-state index contributed by atoms with van der Waals surface area (Å²) >= 11 is 11.2. The molecule has 98 valence electrons. The van der Waals surface area contributed by atoms with Crippen molar-refractivity contribution in [3.05, 3.63) is 28.8 Å². The number of hydrogen-bond acceptors (Lipinski definition) is 2. The summed E-state index contributed by atoms with van der Waals surface area (Å²) in [6, 6.07) is 5.66. The lowest BCUT2D eigenvalue weighted by molar-refractivity contribution is 0.948. The number of hydrogen-bond donors (Lipinski definition) is 2. The maximum atomic E-state index is 6.03. The maximum absolute atomic E-state index is 6.03. The van der Waals surface area contributed by atoms with E-state index in [0.717, 1.165) is 29.8 Å². The van der Waals surface area contributed by atoms with Gasteiger partial charge in [0.05, 0.1) is 0 Å². The summed E-state index contributed by atoms with van der Waals surface area (Å²) in [6.45, 7) is 6.04. The number of nitrogens with zero attached hydrogens (tertiary/aromatic N) is 1. The van der Waals surface area contributed by atoms with Crippen LogP contribution in [0.5, 0.6) is 0 Å². The third kappa shape index (κ3) is 4.63. The van der Waals surface area contributed by atoms with Crippen LogP contribution in [0.1, 0.15) is 32.3 Å². The van der Waals surface area contributed by atoms with Gasteiger partial charge in [-0.05, 0) is 50.2 Å². The van der Waals surface area contributed by atoms with Crippen LogP contribution in [0.2, 0.25) is 5.02 Å². The molecular formula is C13H18ClN3S. The van der Waals surface area contributed by atoms with Gasteiger partial charge in [-0.2, -0.15) is 5.10 Å². The Bertz CT molecular complexity index is 458. The van der Waals surface area contributed by atoms with Crippen LogP contribution in [0, 0.1) is 6.92 Å². The molecule has 0 unspecified atom stereocenters. The highest BCUT2D eigenvalue weighted by molar-refractivity contribution is 7.80. The molecule has 0 atom stereocenters. The number of benzene rings is 1. The van der Waals surface area contributed by atoms with Crippen molar-refractivity contribution in [3.8, 4) is 0 Å². The Kier molecular flexibility index (Phi) is 6.09. The van der Waals surface area contributed by atoms with Crippen molar-refractivity contribution in [2.75, 3.05) is 5.32 Å². The lowest BCUT2D eigenvalue weighted by Crippen LogP contribution is -2.25. The summed E-state index contributed by atoms with van der Waals surface area (Å²) in [5, 5.41) is 8.45. The molecule has 1 rings (SSSR count). The Morgan fingerprint density at radius 1 is 1.44 bits per heavy atom. The molecule has 0 aliphatic carbocycles. The maximum Gasteiger partial charge on any atom is 0.191 e. The molecule has 0 saturated carbocycles. The SMILES string of the molecule is CCC/C(C)=N\NC(=S)Nc1cccc(Cl)c1C. The van der Waals surface area contributed by atoms with Crippen molar-refractivity contribution in [1.29, 1.82) is 0 Å². The molecule has 0 fully saturated rings. The van der Waals surface area contributed by atoms with E-state index in [1.54, 1.807) is 0 Å². The van der Waals surface area contributed by atoms with E-state index in [1.165, 1.54) is 0 Å². The Balaban J connectivity index is 2.60. The molecule has 1 aromatic rings. The van der Waals surface area contributed by atoms with Crippen molar-refractivity contribution in [2.24, 2.45) is 5.10 Å². The van der Waals surface area contributed by atoms with Crippen molar-refractivity contribution < 1.29 is 0 Å². The van der Waals surface area contributed by atoms with Crippen LogP contribution in [0.4, 0.5) is 5.69 Å². The van der Waals surface area contributed by atoms with E-state index < -0.39 is 0 Å². The van der Waals surface area contributed by atoms with Crippen LogP contribution in [0.3, 0.4) is 0 Å². The molecule has 0 aliphatic heterocycles. The first-order valence-corrected chi connectivity index (χ1v) is 6.68. The molecule has 2 N–H and O–H groups in total. The number of halogens is 1. The van der Waals surface area contributed by atoms with E-state index in [9.17, 15) is 0 Å². The molecule has 0 radical (unpaired) electrons. The van der Waals surface area contributed by atoms with E-state index in [1.807, 2.05) is 32.0 Å². The van der Waals surface area contributed by atoms with Crippen molar-refractivity contribution in [3.63, 3.8) is 0 Å². The zero-order chi connectivity index (χ0) is 13.5. The highest BCUT2D eigenvalue weighted by atomic mass is 35.5. The average Bonchev–Trinajstić information content (AvgIpc) is 2.33. The van der Waals surface area contributed by atoms with Crippen molar-refractivity contribution in [1.82, 2.24) is 5.43 Å². The van der Waals surface area contributed by atoms with E-state index >= 15 is 0 Å². The highest BCUT2D eigenvalue weighted by Crippen LogP contribution is 2.22. The predicted octanol–water partition coefficient (Wildman–Crippen LogP) is 4.11. The van der Waals surface area contributed by atoms with Crippen LogP contribution in [0.15, 0.2) is 23.3 Å². The van der Waals surface area contributed by atoms with Crippen molar-refractivity contribution in [2.45, 2.75) is 33.6 Å². The van der Waals surface area contributed by atoms with Crippen LogP contribution in [-0.2, 0) is 0 Å². The first-order valence-electron chi connectivity index (χ1n) is 5.89. The standard InChI is InChI=1S/C13H18ClN3S/c1-4-6-9(2)16-17-13(18)15-12-8-5-7-11(14)10(12)3/h5,7-8H,4,6H2,1-3H3,(H2,15,17,18)/b16-9-. The van der Waals surface area contributed by atoms with Crippen LogP contribution < -0.4 is 10.7 Å². The zero-order valence-electron chi connectivity index (χ0n) is 10.9. The fourth-order valence-corrected chi connectivity index (χ4v) is 1.79. The Morgan fingerprint density at radius 2 is 2.17 bits per heavy atom. The van der Waals surface area contributed by atoms with Gasteiger partial charge in [-0.1, -0.05) is 31.0 Å². The van der Waals surface area contributed by atoms with E-state index in [4.69, 9.17) is 23.8 Å². The number of rotatable bonds is 4. The second-order valence-electron chi connectivity index (χ2n) is 4.08. The summed E-state index contributed by atoms with van der Waals surface area (Å²) < 4.78 is 0. The predicted molar refractivity (Wildman–Crippen MR) is 83.6 cm³/mol. The van der Waals surface area contributed by atoms with Gasteiger partial charge in [0.25, 0.3) is 0 Å². The molecule has 0 bridgehead atoms. The van der Waals surface area contributed by atoms with Gasteiger partial charge in [-0.15, -0.1) is 0 Å². The van der Waals surface area contributed by atoms with Crippen LogP contribution in [-0.4, -0.2) is 10.8 Å². The van der Waals surface area contributed by atoms with Gasteiger partial charge in [0.2, 0.25) is 0 Å². The molecule has 0 saturated heterocycles. The normalized spacial score (nSPS) is 11.2. The first kappa shape index (κ1) is 14.9. The third-order valence-electron chi connectivity index (χ3n) is 2.48. The molecule has 0 aliphatic rings. The van der Waals surface area contributed by atoms with E-state index in [0.29, 0.717) is 10.1 Å². The summed E-state index contributed by atoms with van der Waals surface area (Å²) in [6.07, 6.45) is 2.04. The van der Waals surface area contributed by atoms with Gasteiger partial charge in [0, 0.05) is 16.4 Å². The number of anilines is 1. The van der Waals surface area contributed by atoms with Crippen LogP contribution in [0.25, 0.3) is 0 Å². The fourth-order valence-electron chi connectivity index (χ4n) is 1.46. The molecule has 5 heteroatoms. The zero-order valence-corrected chi connectivity index (χ0v) is 12.5. The second kappa shape index (κ2) is 7.34. The minimum Gasteiger partial charge on any atom is -0.331 e. The Labute approximate surface area is 119 Å². The first-order chi connectivity index (χ1) is 8.54. The minimum absolute atomic E-state index is 0.468. The molecule has 0 amide bonds. The quantitative estimate of drug-likeness (QED) is 0.496. The van der Waals surface area contributed by atoms with E-state index in [2.05, 4.69) is 22.8 Å². The highest BCUT2D eigenvalue weighted by Gasteiger charge is 2.03. The van der Waals surface area contributed by atoms with Gasteiger partial charge in [-0.25, -0.2) is 0 Å². The summed E-state index contributed by atoms with van der Waals surface area (Å²) in [7, 11) is 0. The lowest BCUT2D eigenvalue weighted by atomic mass is 10.2.